The average Bonchev–Trinajstić information content (AvgIpc) is 3.40. The van der Waals surface area contributed by atoms with Crippen LogP contribution in [0, 0.1) is 0 Å². The number of carbonyl (C=O) groups is 2. The Bertz CT molecular complexity index is 847. The molecular weight excluding hydrogens is 382 g/mol. The van der Waals surface area contributed by atoms with E-state index in [-0.39, 0.29) is 12.0 Å². The molecule has 0 atom stereocenters. The van der Waals surface area contributed by atoms with Crippen LogP contribution in [0.15, 0.2) is 42.6 Å². The van der Waals surface area contributed by atoms with Crippen LogP contribution in [-0.4, -0.2) is 88.8 Å². The van der Waals surface area contributed by atoms with Gasteiger partial charge in [-0.05, 0) is 25.1 Å². The van der Waals surface area contributed by atoms with E-state index >= 15 is 0 Å². The number of hydrogen-bond acceptors (Lipinski definition) is 5. The van der Waals surface area contributed by atoms with E-state index < -0.39 is 5.60 Å². The molecule has 4 rings (SSSR count). The topological polar surface area (TPSA) is 81.8 Å². The Morgan fingerprint density at radius 3 is 2.67 bits per heavy atom. The highest BCUT2D eigenvalue weighted by Crippen LogP contribution is 2.33. The second-order valence-corrected chi connectivity index (χ2v) is 8.27. The van der Waals surface area contributed by atoms with Gasteiger partial charge in [0, 0.05) is 51.8 Å². The fourth-order valence-corrected chi connectivity index (χ4v) is 4.16. The zero-order valence-corrected chi connectivity index (χ0v) is 17.4. The van der Waals surface area contributed by atoms with Crippen molar-refractivity contribution < 1.29 is 14.3 Å². The fourth-order valence-electron chi connectivity index (χ4n) is 4.16. The van der Waals surface area contributed by atoms with Crippen LogP contribution < -0.4 is 0 Å². The van der Waals surface area contributed by atoms with Crippen LogP contribution in [-0.2, 0) is 11.2 Å². The molecule has 160 valence electrons. The molecule has 2 aliphatic rings. The molecule has 30 heavy (non-hydrogen) atoms. The van der Waals surface area contributed by atoms with E-state index in [1.54, 1.807) is 17.2 Å². The number of aromatic amines is 1. The number of H-pyrrole nitrogens is 1. The normalized spacial score (nSPS) is 18.3. The lowest BCUT2D eigenvalue weighted by Gasteiger charge is -2.37. The highest BCUT2D eigenvalue weighted by Gasteiger charge is 2.47. The van der Waals surface area contributed by atoms with E-state index in [1.165, 1.54) is 5.56 Å². The summed E-state index contributed by atoms with van der Waals surface area (Å²) in [6, 6.07) is 12.1. The highest BCUT2D eigenvalue weighted by atomic mass is 16.6. The standard InChI is InChI=1S/C22H29N5O3/c1-25(12-8-18-5-3-2-4-6-18)15-16-27-17-22(30-21(27)29)9-13-26(14-10-22)20(28)19-7-11-23-24-19/h2-7,11H,8-10,12-17H2,1H3,(H,23,24). The van der Waals surface area contributed by atoms with Crippen molar-refractivity contribution in [1.82, 2.24) is 24.9 Å². The molecule has 0 aliphatic carbocycles. The van der Waals surface area contributed by atoms with Crippen LogP contribution >= 0.6 is 0 Å². The lowest BCUT2D eigenvalue weighted by molar-refractivity contribution is 0.00296. The summed E-state index contributed by atoms with van der Waals surface area (Å²) in [4.78, 5) is 30.8. The number of amides is 2. The van der Waals surface area contributed by atoms with E-state index in [2.05, 4.69) is 46.4 Å². The SMILES string of the molecule is CN(CCc1ccccc1)CCN1CC2(CCN(C(=O)c3ccn[nH]3)CC2)OC1=O. The van der Waals surface area contributed by atoms with Crippen molar-refractivity contribution in [3.63, 3.8) is 0 Å². The van der Waals surface area contributed by atoms with Gasteiger partial charge in [0.1, 0.15) is 11.3 Å². The molecule has 2 aromatic rings. The second-order valence-electron chi connectivity index (χ2n) is 8.27. The van der Waals surface area contributed by atoms with Gasteiger partial charge in [-0.2, -0.15) is 5.10 Å². The van der Waals surface area contributed by atoms with Crippen LogP contribution in [0.2, 0.25) is 0 Å². The molecule has 0 bridgehead atoms. The predicted octanol–water partition coefficient (Wildman–Crippen LogP) is 2.01. The first-order valence-electron chi connectivity index (χ1n) is 10.5. The zero-order chi connectivity index (χ0) is 21.0. The van der Waals surface area contributed by atoms with Gasteiger partial charge in [0.25, 0.3) is 5.91 Å². The van der Waals surface area contributed by atoms with Gasteiger partial charge in [0.05, 0.1) is 6.54 Å². The van der Waals surface area contributed by atoms with Crippen molar-refractivity contribution in [2.75, 3.05) is 46.3 Å². The monoisotopic (exact) mass is 411 g/mol. The van der Waals surface area contributed by atoms with Crippen molar-refractivity contribution in [2.45, 2.75) is 24.9 Å². The third kappa shape index (κ3) is 4.64. The van der Waals surface area contributed by atoms with Crippen LogP contribution in [0.5, 0.6) is 0 Å². The van der Waals surface area contributed by atoms with E-state index in [9.17, 15) is 9.59 Å². The summed E-state index contributed by atoms with van der Waals surface area (Å²) in [6.07, 6.45) is 3.66. The van der Waals surface area contributed by atoms with Crippen LogP contribution in [0.1, 0.15) is 28.9 Å². The van der Waals surface area contributed by atoms with Gasteiger partial charge in [-0.25, -0.2) is 4.79 Å². The first kappa shape index (κ1) is 20.4. The average molecular weight is 412 g/mol. The number of carbonyl (C=O) groups excluding carboxylic acids is 2. The largest absolute Gasteiger partial charge is 0.441 e. The first-order valence-corrected chi connectivity index (χ1v) is 10.5. The molecule has 2 aliphatic heterocycles. The maximum Gasteiger partial charge on any atom is 0.410 e. The molecule has 0 unspecified atom stereocenters. The summed E-state index contributed by atoms with van der Waals surface area (Å²) in [5.41, 5.74) is 1.35. The summed E-state index contributed by atoms with van der Waals surface area (Å²) < 4.78 is 5.79. The Balaban J connectivity index is 1.23. The van der Waals surface area contributed by atoms with Crippen molar-refractivity contribution in [2.24, 2.45) is 0 Å². The molecule has 8 heteroatoms. The van der Waals surface area contributed by atoms with Gasteiger partial charge < -0.3 is 19.4 Å². The number of rotatable bonds is 7. The molecule has 1 aromatic carbocycles. The molecule has 1 spiro atoms. The minimum atomic E-state index is -0.468. The van der Waals surface area contributed by atoms with Gasteiger partial charge in [-0.3, -0.25) is 9.89 Å². The van der Waals surface area contributed by atoms with E-state index in [4.69, 9.17) is 4.74 Å². The van der Waals surface area contributed by atoms with Gasteiger partial charge >= 0.3 is 6.09 Å². The van der Waals surface area contributed by atoms with Crippen molar-refractivity contribution in [3.05, 3.63) is 53.9 Å². The number of aromatic nitrogens is 2. The molecule has 2 fully saturated rings. The Labute approximate surface area is 176 Å². The summed E-state index contributed by atoms with van der Waals surface area (Å²) >= 11 is 0. The molecule has 0 saturated carbocycles. The quantitative estimate of drug-likeness (QED) is 0.754. The summed E-state index contributed by atoms with van der Waals surface area (Å²) in [5, 5.41) is 6.56. The fraction of sp³-hybridized carbons (Fsp3) is 0.500. The Hall–Kier alpha value is -2.87. The number of ether oxygens (including phenoxy) is 1. The van der Waals surface area contributed by atoms with Crippen molar-refractivity contribution in [3.8, 4) is 0 Å². The van der Waals surface area contributed by atoms with Crippen LogP contribution in [0.3, 0.4) is 0 Å². The molecule has 1 N–H and O–H groups in total. The van der Waals surface area contributed by atoms with E-state index in [0.717, 1.165) is 19.5 Å². The van der Waals surface area contributed by atoms with E-state index in [1.807, 2.05) is 11.0 Å². The van der Waals surface area contributed by atoms with Gasteiger partial charge in [-0.1, -0.05) is 30.3 Å². The molecule has 0 radical (unpaired) electrons. The number of nitrogens with zero attached hydrogens (tertiary/aromatic N) is 4. The molecule has 2 amide bonds. The number of hydrogen-bond donors (Lipinski definition) is 1. The van der Waals surface area contributed by atoms with Crippen LogP contribution in [0.4, 0.5) is 4.79 Å². The zero-order valence-electron chi connectivity index (χ0n) is 17.4. The number of likely N-dealkylation sites (N-methyl/N-ethyl adjacent to an activating group) is 1. The maximum absolute atomic E-state index is 12.5. The van der Waals surface area contributed by atoms with Crippen molar-refractivity contribution in [1.29, 1.82) is 0 Å². The first-order chi connectivity index (χ1) is 14.5. The lowest BCUT2D eigenvalue weighted by Crippen LogP contribution is -2.49. The molecule has 2 saturated heterocycles. The van der Waals surface area contributed by atoms with Gasteiger partial charge in [0.15, 0.2) is 0 Å². The summed E-state index contributed by atoms with van der Waals surface area (Å²) in [5.74, 6) is -0.0522. The van der Waals surface area contributed by atoms with Crippen LogP contribution in [0.25, 0.3) is 0 Å². The second kappa shape index (κ2) is 8.87. The highest BCUT2D eigenvalue weighted by molar-refractivity contribution is 5.92. The van der Waals surface area contributed by atoms with Gasteiger partial charge in [0.2, 0.25) is 0 Å². The smallest absolute Gasteiger partial charge is 0.410 e. The number of nitrogens with one attached hydrogen (secondary N) is 1. The summed E-state index contributed by atoms with van der Waals surface area (Å²) in [6.45, 7) is 4.17. The third-order valence-corrected chi connectivity index (χ3v) is 6.11. The molecule has 1 aromatic heterocycles. The number of likely N-dealkylation sites (tertiary alicyclic amines) is 1. The minimum absolute atomic E-state index is 0.0522. The lowest BCUT2D eigenvalue weighted by atomic mass is 9.91. The number of piperidine rings is 1. The molecule has 3 heterocycles. The Morgan fingerprint density at radius 1 is 1.20 bits per heavy atom. The maximum atomic E-state index is 12.5. The van der Waals surface area contributed by atoms with Crippen molar-refractivity contribution >= 4 is 12.0 Å². The van der Waals surface area contributed by atoms with E-state index in [0.29, 0.717) is 44.7 Å². The minimum Gasteiger partial charge on any atom is -0.441 e. The molecular formula is C22H29N5O3. The number of benzene rings is 1. The Morgan fingerprint density at radius 2 is 1.97 bits per heavy atom. The Kier molecular flexibility index (Phi) is 6.03. The predicted molar refractivity (Wildman–Crippen MR) is 112 cm³/mol. The third-order valence-electron chi connectivity index (χ3n) is 6.11. The summed E-state index contributed by atoms with van der Waals surface area (Å²) in [7, 11) is 2.08. The van der Waals surface area contributed by atoms with Gasteiger partial charge in [-0.15, -0.1) is 0 Å². The molecule has 8 nitrogen and oxygen atoms in total.